The van der Waals surface area contributed by atoms with Gasteiger partial charge in [0.05, 0.1) is 24.3 Å². The van der Waals surface area contributed by atoms with Gasteiger partial charge in [-0.1, -0.05) is 6.07 Å². The van der Waals surface area contributed by atoms with Crippen LogP contribution in [-0.2, 0) is 0 Å². The summed E-state index contributed by atoms with van der Waals surface area (Å²) in [5, 5.41) is 22.8. The molecule has 0 aliphatic carbocycles. The number of hydrogen-bond acceptors (Lipinski definition) is 7. The van der Waals surface area contributed by atoms with Crippen LogP contribution in [0.3, 0.4) is 0 Å². The van der Waals surface area contributed by atoms with E-state index in [1.165, 1.54) is 16.7 Å². The van der Waals surface area contributed by atoms with Crippen LogP contribution >= 0.6 is 11.3 Å². The smallest absolute Gasteiger partial charge is 0.355 e. The maximum absolute atomic E-state index is 10.9. The number of carboxylic acids is 1. The highest BCUT2D eigenvalue weighted by molar-refractivity contribution is 7.14. The van der Waals surface area contributed by atoms with Crippen LogP contribution in [0.25, 0.3) is 0 Å². The summed E-state index contributed by atoms with van der Waals surface area (Å²) < 4.78 is 0. The van der Waals surface area contributed by atoms with Crippen LogP contribution in [0.1, 0.15) is 35.1 Å². The fourth-order valence-electron chi connectivity index (χ4n) is 2.69. The van der Waals surface area contributed by atoms with Gasteiger partial charge in [-0.3, -0.25) is 4.90 Å². The molecule has 1 fully saturated rings. The van der Waals surface area contributed by atoms with Crippen molar-refractivity contribution in [2.75, 3.05) is 18.4 Å². The topological polar surface area (TPSA) is 102 Å². The number of rotatable bonds is 5. The Kier molecular flexibility index (Phi) is 4.50. The minimum absolute atomic E-state index is 0.0182. The van der Waals surface area contributed by atoms with Gasteiger partial charge in [-0.05, 0) is 31.5 Å². The fourth-order valence-corrected chi connectivity index (χ4v) is 3.38. The molecule has 2 N–H and O–H groups in total. The Balaban J connectivity index is 1.77. The molecule has 2 aromatic heterocycles. The highest BCUT2D eigenvalue weighted by Gasteiger charge is 2.26. The number of aromatic carboxylic acids is 1. The second-order valence-electron chi connectivity index (χ2n) is 5.20. The molecule has 0 radical (unpaired) electrons. The van der Waals surface area contributed by atoms with E-state index in [-0.39, 0.29) is 11.7 Å². The van der Waals surface area contributed by atoms with Crippen LogP contribution in [-0.4, -0.2) is 39.0 Å². The molecule has 23 heavy (non-hydrogen) atoms. The van der Waals surface area contributed by atoms with Crippen molar-refractivity contribution in [1.29, 1.82) is 5.26 Å². The normalized spacial score (nSPS) is 17.8. The van der Waals surface area contributed by atoms with E-state index in [9.17, 15) is 4.79 Å². The van der Waals surface area contributed by atoms with E-state index in [1.807, 2.05) is 18.2 Å². The number of aromatic nitrogens is 2. The first-order valence-electron chi connectivity index (χ1n) is 7.21. The zero-order chi connectivity index (χ0) is 16.2. The third-order valence-corrected chi connectivity index (χ3v) is 4.47. The zero-order valence-corrected chi connectivity index (χ0v) is 13.1. The van der Waals surface area contributed by atoms with Crippen molar-refractivity contribution in [2.24, 2.45) is 0 Å². The first-order valence-corrected chi connectivity index (χ1v) is 8.09. The van der Waals surface area contributed by atoms with Crippen LogP contribution in [0.5, 0.6) is 0 Å². The van der Waals surface area contributed by atoms with Gasteiger partial charge in [0.25, 0.3) is 0 Å². The predicted octanol–water partition coefficient (Wildman–Crippen LogP) is 2.64. The third kappa shape index (κ3) is 3.47. The number of nitrogens with zero attached hydrogens (tertiary/aromatic N) is 4. The molecule has 0 spiro atoms. The minimum Gasteiger partial charge on any atom is -0.476 e. The van der Waals surface area contributed by atoms with Gasteiger partial charge < -0.3 is 10.4 Å². The number of hydrogen-bond donors (Lipinski definition) is 2. The minimum atomic E-state index is -1.05. The maximum Gasteiger partial charge on any atom is 0.355 e. The Labute approximate surface area is 137 Å². The molecule has 3 rings (SSSR count). The van der Waals surface area contributed by atoms with Gasteiger partial charge >= 0.3 is 5.97 Å². The van der Waals surface area contributed by atoms with Gasteiger partial charge in [0.15, 0.2) is 10.8 Å². The molecule has 0 unspecified atom stereocenters. The van der Waals surface area contributed by atoms with E-state index < -0.39 is 5.97 Å². The molecule has 7 nitrogen and oxygen atoms in total. The molecule has 0 bridgehead atoms. The highest BCUT2D eigenvalue weighted by Crippen LogP contribution is 2.31. The quantitative estimate of drug-likeness (QED) is 0.813. The van der Waals surface area contributed by atoms with E-state index in [0.717, 1.165) is 25.1 Å². The number of pyridine rings is 1. The molecule has 1 aliphatic rings. The van der Waals surface area contributed by atoms with Gasteiger partial charge in [-0.15, -0.1) is 11.3 Å². The molecule has 1 aliphatic heterocycles. The van der Waals surface area contributed by atoms with Gasteiger partial charge in [0, 0.05) is 5.38 Å². The fraction of sp³-hybridized carbons (Fsp3) is 0.333. The van der Waals surface area contributed by atoms with Crippen LogP contribution < -0.4 is 5.32 Å². The average Bonchev–Trinajstić information content (AvgIpc) is 3.17. The number of anilines is 2. The third-order valence-electron chi connectivity index (χ3n) is 3.71. The summed E-state index contributed by atoms with van der Waals surface area (Å²) in [7, 11) is 0. The lowest BCUT2D eigenvalue weighted by molar-refractivity contribution is 0.0691. The Morgan fingerprint density at radius 2 is 2.39 bits per heavy atom. The number of nitrogens with one attached hydrogen (secondary N) is 1. The van der Waals surface area contributed by atoms with Crippen LogP contribution in [0.15, 0.2) is 23.6 Å². The van der Waals surface area contributed by atoms with Crippen molar-refractivity contribution in [3.8, 4) is 6.07 Å². The van der Waals surface area contributed by atoms with E-state index in [0.29, 0.717) is 17.5 Å². The second kappa shape index (κ2) is 6.73. The molecular formula is C15H15N5O2S. The summed E-state index contributed by atoms with van der Waals surface area (Å²) in [4.78, 5) is 21.6. The zero-order valence-electron chi connectivity index (χ0n) is 12.3. The molecule has 118 valence electrons. The lowest BCUT2D eigenvalue weighted by Crippen LogP contribution is -2.24. The van der Waals surface area contributed by atoms with Gasteiger partial charge in [-0.25, -0.2) is 14.8 Å². The molecule has 0 amide bonds. The van der Waals surface area contributed by atoms with Crippen LogP contribution in [0.2, 0.25) is 0 Å². The molecule has 0 saturated carbocycles. The maximum atomic E-state index is 10.9. The second-order valence-corrected chi connectivity index (χ2v) is 6.06. The number of thiazole rings is 1. The van der Waals surface area contributed by atoms with E-state index >= 15 is 0 Å². The van der Waals surface area contributed by atoms with Gasteiger partial charge in [0.2, 0.25) is 0 Å². The summed E-state index contributed by atoms with van der Waals surface area (Å²) in [5.74, 6) is -0.424. The van der Waals surface area contributed by atoms with Crippen molar-refractivity contribution in [1.82, 2.24) is 14.9 Å². The Morgan fingerprint density at radius 1 is 1.52 bits per heavy atom. The Morgan fingerprint density at radius 3 is 3.13 bits per heavy atom. The molecule has 1 atom stereocenters. The average molecular weight is 329 g/mol. The molecule has 2 aromatic rings. The lowest BCUT2D eigenvalue weighted by Gasteiger charge is -2.21. The Bertz CT molecular complexity index is 754. The molecule has 8 heteroatoms. The van der Waals surface area contributed by atoms with E-state index in [1.54, 1.807) is 0 Å². The molecule has 1 saturated heterocycles. The lowest BCUT2D eigenvalue weighted by atomic mass is 10.1. The first-order chi connectivity index (χ1) is 11.2. The van der Waals surface area contributed by atoms with Gasteiger partial charge in [-0.2, -0.15) is 5.26 Å². The standard InChI is InChI=1S/C15H15N5O2S/c16-6-8-20-7-2-4-12(20)10-3-1-5-13(17-10)19-15-18-11(9-23-15)14(21)22/h1,3,5,9,12H,2,4,7-8H2,(H,21,22)(H,17,18,19)/t12-/m1/s1. The molecule has 0 aromatic carbocycles. The van der Waals surface area contributed by atoms with Crippen molar-refractivity contribution in [3.63, 3.8) is 0 Å². The van der Waals surface area contributed by atoms with Gasteiger partial charge in [0.1, 0.15) is 5.82 Å². The SMILES string of the molecule is N#CCN1CCC[C@@H]1c1cccc(Nc2nc(C(=O)O)cs2)n1. The van der Waals surface area contributed by atoms with Crippen LogP contribution in [0.4, 0.5) is 10.9 Å². The predicted molar refractivity (Wildman–Crippen MR) is 85.8 cm³/mol. The Hall–Kier alpha value is -2.50. The van der Waals surface area contributed by atoms with Crippen molar-refractivity contribution < 1.29 is 9.90 Å². The molecular weight excluding hydrogens is 314 g/mol. The highest BCUT2D eigenvalue weighted by atomic mass is 32.1. The summed E-state index contributed by atoms with van der Waals surface area (Å²) in [6, 6.07) is 8.02. The summed E-state index contributed by atoms with van der Waals surface area (Å²) in [6.07, 6.45) is 2.04. The van der Waals surface area contributed by atoms with E-state index in [4.69, 9.17) is 10.4 Å². The largest absolute Gasteiger partial charge is 0.476 e. The van der Waals surface area contributed by atoms with Crippen molar-refractivity contribution in [2.45, 2.75) is 18.9 Å². The number of nitriles is 1. The van der Waals surface area contributed by atoms with Crippen LogP contribution in [0, 0.1) is 11.3 Å². The molecule has 3 heterocycles. The first kappa shape index (κ1) is 15.4. The summed E-state index contributed by atoms with van der Waals surface area (Å²) >= 11 is 1.22. The summed E-state index contributed by atoms with van der Waals surface area (Å²) in [5.41, 5.74) is 0.933. The number of carbonyl (C=O) groups is 1. The van der Waals surface area contributed by atoms with E-state index in [2.05, 4.69) is 26.3 Å². The monoisotopic (exact) mass is 329 g/mol. The van der Waals surface area contributed by atoms with Crippen molar-refractivity contribution >= 4 is 28.3 Å². The number of likely N-dealkylation sites (tertiary alicyclic amines) is 1. The summed E-state index contributed by atoms with van der Waals surface area (Å²) in [6.45, 7) is 1.31. The number of carboxylic acid groups (broad SMARTS) is 1. The van der Waals surface area contributed by atoms with Crippen molar-refractivity contribution in [3.05, 3.63) is 35.0 Å².